The number of fused-ring (bicyclic) bond motifs is 1. The molecule has 126 valence electrons. The first-order chi connectivity index (χ1) is 11.8. The first-order valence-corrected chi connectivity index (χ1v) is 9.01. The first kappa shape index (κ1) is 15.6. The van der Waals surface area contributed by atoms with Crippen LogP contribution in [0.2, 0.25) is 0 Å². The Bertz CT molecular complexity index is 806. The minimum absolute atomic E-state index is 0.0546. The van der Waals surface area contributed by atoms with Crippen molar-refractivity contribution in [2.45, 2.75) is 19.4 Å². The zero-order valence-corrected chi connectivity index (χ0v) is 14.1. The molecular weight excluding hydrogens is 324 g/mol. The van der Waals surface area contributed by atoms with E-state index in [0.29, 0.717) is 5.92 Å². The molecule has 2 aromatic heterocycles. The monoisotopic (exact) mass is 344 g/mol. The average molecular weight is 344 g/mol. The molecule has 1 aromatic carbocycles. The van der Waals surface area contributed by atoms with Crippen LogP contribution in [0.5, 0.6) is 0 Å². The van der Waals surface area contributed by atoms with Gasteiger partial charge in [-0.05, 0) is 24.3 Å². The molecular formula is C17H20N4O2S. The number of ether oxygens (including phenoxy) is 1. The van der Waals surface area contributed by atoms with Crippen molar-refractivity contribution < 1.29 is 9.84 Å². The van der Waals surface area contributed by atoms with Crippen LogP contribution in [-0.2, 0) is 11.3 Å². The fourth-order valence-corrected chi connectivity index (χ4v) is 3.71. The highest BCUT2D eigenvalue weighted by atomic mass is 32.1. The van der Waals surface area contributed by atoms with E-state index in [4.69, 9.17) is 9.84 Å². The Balaban J connectivity index is 1.52. The molecule has 1 aliphatic heterocycles. The maximum atomic E-state index is 9.16. The van der Waals surface area contributed by atoms with Crippen LogP contribution < -0.4 is 5.32 Å². The summed E-state index contributed by atoms with van der Waals surface area (Å²) in [5, 5.41) is 18.2. The highest BCUT2D eigenvalue weighted by Crippen LogP contribution is 2.27. The van der Waals surface area contributed by atoms with Crippen molar-refractivity contribution in [1.82, 2.24) is 14.6 Å². The van der Waals surface area contributed by atoms with Crippen LogP contribution in [-0.4, -0.2) is 39.5 Å². The Kier molecular flexibility index (Phi) is 4.46. The van der Waals surface area contributed by atoms with Crippen LogP contribution in [0, 0.1) is 5.92 Å². The Hall–Kier alpha value is -1.96. The number of aromatic nitrogens is 3. The molecule has 0 atom stereocenters. The van der Waals surface area contributed by atoms with E-state index < -0.39 is 0 Å². The molecule has 0 unspecified atom stereocenters. The van der Waals surface area contributed by atoms with Crippen molar-refractivity contribution in [3.8, 4) is 11.3 Å². The van der Waals surface area contributed by atoms with E-state index in [-0.39, 0.29) is 6.61 Å². The quantitative estimate of drug-likeness (QED) is 0.745. The van der Waals surface area contributed by atoms with Gasteiger partial charge in [-0.2, -0.15) is 0 Å². The van der Waals surface area contributed by atoms with Gasteiger partial charge in [0.1, 0.15) is 0 Å². The van der Waals surface area contributed by atoms with Crippen molar-refractivity contribution in [2.24, 2.45) is 5.92 Å². The summed E-state index contributed by atoms with van der Waals surface area (Å²) in [5.41, 5.74) is 2.91. The lowest BCUT2D eigenvalue weighted by Crippen LogP contribution is -2.22. The highest BCUT2D eigenvalue weighted by Gasteiger charge is 2.15. The van der Waals surface area contributed by atoms with Gasteiger partial charge in [0.15, 0.2) is 0 Å². The van der Waals surface area contributed by atoms with Gasteiger partial charge in [0.2, 0.25) is 10.1 Å². The molecule has 3 aromatic rings. The topological polar surface area (TPSA) is 71.7 Å². The molecule has 6 nitrogen and oxygen atoms in total. The Morgan fingerprint density at radius 1 is 1.25 bits per heavy atom. The summed E-state index contributed by atoms with van der Waals surface area (Å²) in [6.45, 7) is 2.71. The number of anilines is 1. The van der Waals surface area contributed by atoms with Crippen molar-refractivity contribution in [3.63, 3.8) is 0 Å². The molecule has 7 heteroatoms. The molecule has 0 radical (unpaired) electrons. The van der Waals surface area contributed by atoms with E-state index in [0.717, 1.165) is 59.5 Å². The fourth-order valence-electron chi connectivity index (χ4n) is 2.92. The van der Waals surface area contributed by atoms with Crippen LogP contribution in [0.15, 0.2) is 30.5 Å². The van der Waals surface area contributed by atoms with E-state index >= 15 is 0 Å². The number of aliphatic hydroxyl groups excluding tert-OH is 1. The van der Waals surface area contributed by atoms with Crippen LogP contribution in [0.3, 0.4) is 0 Å². The van der Waals surface area contributed by atoms with Gasteiger partial charge in [-0.3, -0.25) is 0 Å². The van der Waals surface area contributed by atoms with Crippen molar-refractivity contribution in [1.29, 1.82) is 0 Å². The van der Waals surface area contributed by atoms with Gasteiger partial charge >= 0.3 is 0 Å². The molecule has 24 heavy (non-hydrogen) atoms. The number of aliphatic hydroxyl groups is 1. The number of nitrogens with one attached hydrogen (secondary N) is 1. The predicted molar refractivity (Wildman–Crippen MR) is 94.3 cm³/mol. The molecule has 1 saturated heterocycles. The van der Waals surface area contributed by atoms with Gasteiger partial charge in [0.25, 0.3) is 0 Å². The second kappa shape index (κ2) is 6.88. The minimum atomic E-state index is 0.0546. The van der Waals surface area contributed by atoms with Gasteiger partial charge in [-0.25, -0.2) is 9.50 Å². The van der Waals surface area contributed by atoms with Gasteiger partial charge < -0.3 is 15.2 Å². The number of nitrogens with zero attached hydrogens (tertiary/aromatic N) is 3. The molecule has 3 heterocycles. The van der Waals surface area contributed by atoms with Crippen molar-refractivity contribution in [2.75, 3.05) is 25.1 Å². The number of hydrogen-bond acceptors (Lipinski definition) is 6. The molecule has 4 rings (SSSR count). The van der Waals surface area contributed by atoms with E-state index in [1.165, 1.54) is 0 Å². The molecule has 0 aliphatic carbocycles. The number of rotatable bonds is 5. The largest absolute Gasteiger partial charge is 0.392 e. The smallest absolute Gasteiger partial charge is 0.214 e. The van der Waals surface area contributed by atoms with Crippen molar-refractivity contribution in [3.05, 3.63) is 36.0 Å². The van der Waals surface area contributed by atoms with Crippen molar-refractivity contribution >= 4 is 21.4 Å². The summed E-state index contributed by atoms with van der Waals surface area (Å²) in [7, 11) is 0. The molecule has 1 fully saturated rings. The van der Waals surface area contributed by atoms with Crippen LogP contribution in [0.1, 0.15) is 18.4 Å². The third-order valence-electron chi connectivity index (χ3n) is 4.40. The van der Waals surface area contributed by atoms with Gasteiger partial charge in [-0.15, -0.1) is 5.10 Å². The molecule has 0 amide bonds. The summed E-state index contributed by atoms with van der Waals surface area (Å²) in [6, 6.07) is 7.82. The SMILES string of the molecule is OCc1ccc(-c2cnc3sc(NCC4CCOCC4)nn23)cc1. The summed E-state index contributed by atoms with van der Waals surface area (Å²) < 4.78 is 7.28. The van der Waals surface area contributed by atoms with Gasteiger partial charge in [0, 0.05) is 25.3 Å². The fraction of sp³-hybridized carbons (Fsp3) is 0.412. The second-order valence-electron chi connectivity index (χ2n) is 6.04. The normalized spacial score (nSPS) is 15.9. The number of benzene rings is 1. The molecule has 0 spiro atoms. The maximum absolute atomic E-state index is 9.16. The van der Waals surface area contributed by atoms with Gasteiger partial charge in [0.05, 0.1) is 18.5 Å². The lowest BCUT2D eigenvalue weighted by atomic mass is 10.0. The summed E-state index contributed by atoms with van der Waals surface area (Å²) in [6.07, 6.45) is 4.06. The zero-order valence-electron chi connectivity index (χ0n) is 13.3. The lowest BCUT2D eigenvalue weighted by Gasteiger charge is -2.21. The maximum Gasteiger partial charge on any atom is 0.214 e. The standard InChI is InChI=1S/C17H20N4O2S/c22-11-13-1-3-14(4-2-13)15-10-19-17-21(15)20-16(24-17)18-9-12-5-7-23-8-6-12/h1-4,10,12,22H,5-9,11H2,(H,18,20). The van der Waals surface area contributed by atoms with E-state index in [2.05, 4.69) is 15.4 Å². The third-order valence-corrected chi connectivity index (χ3v) is 5.28. The minimum Gasteiger partial charge on any atom is -0.392 e. The Morgan fingerprint density at radius 3 is 2.79 bits per heavy atom. The second-order valence-corrected chi connectivity index (χ2v) is 6.99. The zero-order chi connectivity index (χ0) is 16.4. The summed E-state index contributed by atoms with van der Waals surface area (Å²) in [4.78, 5) is 5.34. The van der Waals surface area contributed by atoms with E-state index in [1.807, 2.05) is 35.0 Å². The highest BCUT2D eigenvalue weighted by molar-refractivity contribution is 7.20. The van der Waals surface area contributed by atoms with E-state index in [9.17, 15) is 0 Å². The summed E-state index contributed by atoms with van der Waals surface area (Å²) >= 11 is 1.57. The first-order valence-electron chi connectivity index (χ1n) is 8.20. The Morgan fingerprint density at radius 2 is 2.04 bits per heavy atom. The van der Waals surface area contributed by atoms with Crippen LogP contribution >= 0.6 is 11.3 Å². The Labute approximate surface area is 144 Å². The molecule has 0 saturated carbocycles. The summed E-state index contributed by atoms with van der Waals surface area (Å²) in [5.74, 6) is 0.653. The third kappa shape index (κ3) is 3.15. The predicted octanol–water partition coefficient (Wildman–Crippen LogP) is 2.79. The van der Waals surface area contributed by atoms with Crippen LogP contribution in [0.4, 0.5) is 5.13 Å². The van der Waals surface area contributed by atoms with Gasteiger partial charge in [-0.1, -0.05) is 35.6 Å². The molecule has 0 bridgehead atoms. The van der Waals surface area contributed by atoms with E-state index in [1.54, 1.807) is 11.3 Å². The van der Waals surface area contributed by atoms with Crippen LogP contribution in [0.25, 0.3) is 16.2 Å². The molecule has 2 N–H and O–H groups in total. The number of hydrogen-bond donors (Lipinski definition) is 2. The molecule has 1 aliphatic rings. The number of imidazole rings is 1. The lowest BCUT2D eigenvalue weighted by molar-refractivity contribution is 0.0699. The average Bonchev–Trinajstić information content (AvgIpc) is 3.21.